The highest BCUT2D eigenvalue weighted by atomic mass is 28.4. The molecule has 24 heavy (non-hydrogen) atoms. The van der Waals surface area contributed by atoms with Crippen molar-refractivity contribution < 1.29 is 13.3 Å². The van der Waals surface area contributed by atoms with Gasteiger partial charge in [-0.3, -0.25) is 0 Å². The molecule has 0 aromatic heterocycles. The first kappa shape index (κ1) is 23.9. The summed E-state index contributed by atoms with van der Waals surface area (Å²) in [6.45, 7) is 11.9. The second-order valence-electron chi connectivity index (χ2n) is 5.93. The highest BCUT2D eigenvalue weighted by Gasteiger charge is 2.41. The van der Waals surface area contributed by atoms with Crippen molar-refractivity contribution in [3.05, 3.63) is 0 Å². The molecular formula is C16H40N4O3Si. The third-order valence-corrected chi connectivity index (χ3v) is 6.96. The first-order valence-corrected chi connectivity index (χ1v) is 11.3. The maximum Gasteiger partial charge on any atom is 0.501 e. The molecule has 0 aliphatic carbocycles. The molecule has 8 heteroatoms. The molecule has 0 bridgehead atoms. The summed E-state index contributed by atoms with van der Waals surface area (Å²) in [5.74, 6) is 0. The monoisotopic (exact) mass is 364 g/mol. The van der Waals surface area contributed by atoms with E-state index in [1.807, 2.05) is 13.8 Å². The van der Waals surface area contributed by atoms with E-state index in [-0.39, 0.29) is 6.10 Å². The molecule has 0 rings (SSSR count). The van der Waals surface area contributed by atoms with Crippen LogP contribution in [0.15, 0.2) is 0 Å². The Labute approximate surface area is 149 Å². The first-order chi connectivity index (χ1) is 11.6. The van der Waals surface area contributed by atoms with Crippen LogP contribution in [0.1, 0.15) is 40.0 Å². The van der Waals surface area contributed by atoms with Gasteiger partial charge in [0.25, 0.3) is 0 Å². The summed E-state index contributed by atoms with van der Waals surface area (Å²) in [5.41, 5.74) is 16.9. The summed E-state index contributed by atoms with van der Waals surface area (Å²) in [6.07, 6.45) is 2.93. The summed E-state index contributed by atoms with van der Waals surface area (Å²) >= 11 is 0. The van der Waals surface area contributed by atoms with Crippen molar-refractivity contribution in [2.75, 3.05) is 52.5 Å². The topological polar surface area (TPSA) is 109 Å². The Bertz CT molecular complexity index is 276. The van der Waals surface area contributed by atoms with Crippen LogP contribution in [0.3, 0.4) is 0 Å². The lowest BCUT2D eigenvalue weighted by molar-refractivity contribution is 0.0342. The summed E-state index contributed by atoms with van der Waals surface area (Å²) < 4.78 is 18.3. The molecule has 0 aliphatic rings. The minimum atomic E-state index is -2.65. The number of rotatable bonds is 17. The fourth-order valence-corrected chi connectivity index (χ4v) is 5.57. The molecule has 0 aliphatic heterocycles. The molecule has 1 atom stereocenters. The molecule has 146 valence electrons. The van der Waals surface area contributed by atoms with Crippen LogP contribution in [0.2, 0.25) is 6.04 Å². The molecule has 1 unspecified atom stereocenters. The minimum absolute atomic E-state index is 0.0995. The first-order valence-electron chi connectivity index (χ1n) is 9.35. The van der Waals surface area contributed by atoms with Crippen LogP contribution < -0.4 is 17.2 Å². The van der Waals surface area contributed by atoms with Crippen LogP contribution in [0.5, 0.6) is 0 Å². The third kappa shape index (κ3) is 10.7. The van der Waals surface area contributed by atoms with Crippen molar-refractivity contribution in [1.29, 1.82) is 0 Å². The maximum absolute atomic E-state index is 6.29. The quantitative estimate of drug-likeness (QED) is 0.327. The van der Waals surface area contributed by atoms with Gasteiger partial charge in [-0.15, -0.1) is 0 Å². The second kappa shape index (κ2) is 15.2. The van der Waals surface area contributed by atoms with Crippen molar-refractivity contribution in [2.45, 2.75) is 52.2 Å². The van der Waals surface area contributed by atoms with Crippen molar-refractivity contribution >= 4 is 8.80 Å². The Morgan fingerprint density at radius 1 is 0.875 bits per heavy atom. The third-order valence-electron chi connectivity index (χ3n) is 3.77. The van der Waals surface area contributed by atoms with Crippen LogP contribution in [0, 0.1) is 0 Å². The molecule has 0 aromatic carbocycles. The summed E-state index contributed by atoms with van der Waals surface area (Å²) in [4.78, 5) is 2.29. The van der Waals surface area contributed by atoms with Crippen LogP contribution in [-0.2, 0) is 13.3 Å². The Balaban J connectivity index is 4.66. The van der Waals surface area contributed by atoms with E-state index < -0.39 is 8.80 Å². The van der Waals surface area contributed by atoms with Crippen LogP contribution >= 0.6 is 0 Å². The largest absolute Gasteiger partial charge is 0.501 e. The smallest absolute Gasteiger partial charge is 0.374 e. The number of nitrogens with two attached hydrogens (primary N) is 3. The molecule has 0 spiro atoms. The lowest BCUT2D eigenvalue weighted by Gasteiger charge is -2.32. The van der Waals surface area contributed by atoms with Gasteiger partial charge in [-0.2, -0.15) is 0 Å². The van der Waals surface area contributed by atoms with E-state index in [0.717, 1.165) is 44.9 Å². The van der Waals surface area contributed by atoms with E-state index >= 15 is 0 Å². The average Bonchev–Trinajstić information content (AvgIpc) is 2.54. The highest BCUT2D eigenvalue weighted by Crippen LogP contribution is 2.22. The Morgan fingerprint density at radius 2 is 1.46 bits per heavy atom. The van der Waals surface area contributed by atoms with E-state index in [9.17, 15) is 0 Å². The molecule has 0 saturated carbocycles. The van der Waals surface area contributed by atoms with E-state index in [4.69, 9.17) is 30.5 Å². The number of hydrogen-bond acceptors (Lipinski definition) is 7. The van der Waals surface area contributed by atoms with Crippen LogP contribution in [0.25, 0.3) is 0 Å². The molecule has 0 radical (unpaired) electrons. The lowest BCUT2D eigenvalue weighted by atomic mass is 10.2. The summed E-state index contributed by atoms with van der Waals surface area (Å²) in [6, 6.07) is 0.813. The van der Waals surface area contributed by atoms with Crippen LogP contribution in [0.4, 0.5) is 0 Å². The second-order valence-corrected chi connectivity index (χ2v) is 8.61. The summed E-state index contributed by atoms with van der Waals surface area (Å²) in [5, 5.41) is 0. The molecule has 6 N–H and O–H groups in total. The molecule has 0 saturated heterocycles. The van der Waals surface area contributed by atoms with Gasteiger partial charge in [0.15, 0.2) is 0 Å². The summed E-state index contributed by atoms with van der Waals surface area (Å²) in [7, 11) is -2.65. The Hall–Kier alpha value is -0.0631. The van der Waals surface area contributed by atoms with Crippen LogP contribution in [-0.4, -0.2) is 72.3 Å². The van der Waals surface area contributed by atoms with Gasteiger partial charge in [-0.1, -0.05) is 0 Å². The van der Waals surface area contributed by atoms with Crippen molar-refractivity contribution in [1.82, 2.24) is 4.90 Å². The highest BCUT2D eigenvalue weighted by molar-refractivity contribution is 6.60. The van der Waals surface area contributed by atoms with Crippen molar-refractivity contribution in [3.63, 3.8) is 0 Å². The zero-order valence-corrected chi connectivity index (χ0v) is 17.0. The SMILES string of the molecule is CCO[Si](CCCN(CCN)CCN)(OCC)OC(C)CCCN. The molecule has 0 fully saturated rings. The molecule has 7 nitrogen and oxygen atoms in total. The zero-order chi connectivity index (χ0) is 18.3. The Kier molecular flexibility index (Phi) is 15.2. The standard InChI is InChI=1S/C16H40N4O3Si/c1-4-21-24(22-5-2,23-16(3)8-6-9-17)15-7-12-20(13-10-18)14-11-19/h16H,4-15,17-19H2,1-3H3. The van der Waals surface area contributed by atoms with E-state index in [1.165, 1.54) is 0 Å². The predicted octanol–water partition coefficient (Wildman–Crippen LogP) is 0.752. The molecular weight excluding hydrogens is 324 g/mol. The molecule has 0 amide bonds. The predicted molar refractivity (Wildman–Crippen MR) is 102 cm³/mol. The lowest BCUT2D eigenvalue weighted by Crippen LogP contribution is -2.48. The fourth-order valence-electron chi connectivity index (χ4n) is 2.74. The molecule has 0 heterocycles. The van der Waals surface area contributed by atoms with Gasteiger partial charge < -0.3 is 35.4 Å². The van der Waals surface area contributed by atoms with Gasteiger partial charge >= 0.3 is 8.80 Å². The van der Waals surface area contributed by atoms with Gasteiger partial charge in [0.2, 0.25) is 0 Å². The van der Waals surface area contributed by atoms with Crippen molar-refractivity contribution in [2.24, 2.45) is 17.2 Å². The maximum atomic E-state index is 6.29. The number of hydrogen-bond donors (Lipinski definition) is 3. The van der Waals surface area contributed by atoms with Gasteiger partial charge in [-0.25, -0.2) is 0 Å². The van der Waals surface area contributed by atoms with Gasteiger partial charge in [0.05, 0.1) is 0 Å². The van der Waals surface area contributed by atoms with Gasteiger partial charge in [-0.05, 0) is 53.1 Å². The van der Waals surface area contributed by atoms with Gasteiger partial charge in [0, 0.05) is 51.5 Å². The fraction of sp³-hybridized carbons (Fsp3) is 1.00. The zero-order valence-electron chi connectivity index (χ0n) is 16.0. The molecule has 0 aromatic rings. The normalized spacial score (nSPS) is 13.6. The number of nitrogens with zero attached hydrogens (tertiary/aromatic N) is 1. The van der Waals surface area contributed by atoms with E-state index in [1.54, 1.807) is 0 Å². The van der Waals surface area contributed by atoms with Gasteiger partial charge in [0.1, 0.15) is 0 Å². The minimum Gasteiger partial charge on any atom is -0.374 e. The average molecular weight is 365 g/mol. The van der Waals surface area contributed by atoms with Crippen molar-refractivity contribution in [3.8, 4) is 0 Å². The van der Waals surface area contributed by atoms with E-state index in [2.05, 4.69) is 11.8 Å². The van der Waals surface area contributed by atoms with E-state index in [0.29, 0.717) is 32.8 Å². The Morgan fingerprint density at radius 3 is 1.92 bits per heavy atom.